The molecule has 0 saturated carbocycles. The molecule has 0 radical (unpaired) electrons. The van der Waals surface area contributed by atoms with Gasteiger partial charge >= 0.3 is 6.29 Å². The Morgan fingerprint density at radius 2 is 2.12 bits per heavy atom. The molecule has 1 saturated heterocycles. The summed E-state index contributed by atoms with van der Waals surface area (Å²) in [6, 6.07) is 0. The second kappa shape index (κ2) is 8.72. The third kappa shape index (κ3) is 4.43. The van der Waals surface area contributed by atoms with Gasteiger partial charge in [-0.25, -0.2) is 0 Å². The number of rotatable bonds is 6. The van der Waals surface area contributed by atoms with Gasteiger partial charge in [-0.3, -0.25) is 4.79 Å². The molecule has 1 atom stereocenters. The lowest BCUT2D eigenvalue weighted by atomic mass is 9.91. The Labute approximate surface area is 192 Å². The number of nitrogens with one attached hydrogen (secondary N) is 2. The molecular formula is C25H29F2N3O3. The van der Waals surface area contributed by atoms with E-state index in [2.05, 4.69) is 21.1 Å². The molecule has 5 rings (SSSR count). The first-order chi connectivity index (χ1) is 15.9. The molecule has 2 aliphatic heterocycles. The lowest BCUT2D eigenvalue weighted by molar-refractivity contribution is -0.336. The molecule has 8 heteroatoms. The number of halogens is 2. The average Bonchev–Trinajstić information content (AvgIpc) is 3.52. The summed E-state index contributed by atoms with van der Waals surface area (Å²) in [7, 11) is 0. The van der Waals surface area contributed by atoms with E-state index in [1.54, 1.807) is 0 Å². The standard InChI is InChI=1S/C25H29F2N3O3/c1-16-20(19-8-5-9-21-22(19)33-25(26,27)32-21)15-29-23(16)28-11-10-17-6-4-7-18(14-17)24(31)30-12-2-3-13-30/h4,6-8,15,18,28-29H,2-3,5,9-14H2,1H3. The van der Waals surface area contributed by atoms with Crippen molar-refractivity contribution in [2.24, 2.45) is 5.92 Å². The predicted molar refractivity (Wildman–Crippen MR) is 121 cm³/mol. The summed E-state index contributed by atoms with van der Waals surface area (Å²) in [6.45, 7) is 4.41. The molecular weight excluding hydrogens is 428 g/mol. The second-order valence-corrected chi connectivity index (χ2v) is 9.01. The van der Waals surface area contributed by atoms with E-state index in [9.17, 15) is 13.6 Å². The van der Waals surface area contributed by atoms with E-state index >= 15 is 0 Å². The molecule has 1 aromatic heterocycles. The number of aromatic nitrogens is 1. The van der Waals surface area contributed by atoms with E-state index < -0.39 is 6.29 Å². The number of hydrogen-bond donors (Lipinski definition) is 2. The number of H-pyrrole nitrogens is 1. The van der Waals surface area contributed by atoms with Crippen LogP contribution in [0.1, 0.15) is 49.7 Å². The first-order valence-electron chi connectivity index (χ1n) is 11.7. The van der Waals surface area contributed by atoms with Gasteiger partial charge < -0.3 is 24.7 Å². The molecule has 1 unspecified atom stereocenters. The van der Waals surface area contributed by atoms with E-state index in [0.29, 0.717) is 25.0 Å². The fourth-order valence-electron chi connectivity index (χ4n) is 5.01. The lowest BCUT2D eigenvalue weighted by Gasteiger charge is -2.23. The molecule has 33 heavy (non-hydrogen) atoms. The van der Waals surface area contributed by atoms with Gasteiger partial charge in [0.25, 0.3) is 0 Å². The summed E-state index contributed by atoms with van der Waals surface area (Å²) >= 11 is 0. The number of likely N-dealkylation sites (tertiary alicyclic amines) is 1. The van der Waals surface area contributed by atoms with Gasteiger partial charge in [0.05, 0.1) is 5.92 Å². The minimum atomic E-state index is -3.60. The largest absolute Gasteiger partial charge is 0.585 e. The van der Waals surface area contributed by atoms with Crippen molar-refractivity contribution in [3.05, 3.63) is 58.7 Å². The zero-order valence-electron chi connectivity index (χ0n) is 18.8. The average molecular weight is 458 g/mol. The van der Waals surface area contributed by atoms with Crippen LogP contribution in [0.25, 0.3) is 5.57 Å². The SMILES string of the molecule is Cc1c(C2=CCCC3=C2OC(F)(F)O3)c[nH]c1NCCC1=CC=CC(C(=O)N2CCCC2)C1. The minimum absolute atomic E-state index is 0.0607. The summed E-state index contributed by atoms with van der Waals surface area (Å²) < 4.78 is 36.6. The molecule has 1 aromatic rings. The summed E-state index contributed by atoms with van der Waals surface area (Å²) in [6.07, 6.45) is 11.1. The number of nitrogens with zero attached hydrogens (tertiary/aromatic N) is 1. The van der Waals surface area contributed by atoms with Crippen molar-refractivity contribution in [2.45, 2.75) is 51.7 Å². The van der Waals surface area contributed by atoms with Crippen LogP contribution in [-0.2, 0) is 14.3 Å². The van der Waals surface area contributed by atoms with Crippen LogP contribution in [0.4, 0.5) is 14.6 Å². The monoisotopic (exact) mass is 457 g/mol. The zero-order chi connectivity index (χ0) is 23.0. The predicted octanol–water partition coefficient (Wildman–Crippen LogP) is 5.24. The number of hydrogen-bond acceptors (Lipinski definition) is 4. The van der Waals surface area contributed by atoms with Crippen LogP contribution in [0.15, 0.2) is 47.6 Å². The van der Waals surface area contributed by atoms with Crippen LogP contribution >= 0.6 is 0 Å². The molecule has 3 heterocycles. The fourth-order valence-corrected chi connectivity index (χ4v) is 5.01. The van der Waals surface area contributed by atoms with Gasteiger partial charge in [0.1, 0.15) is 5.82 Å². The maximum absolute atomic E-state index is 13.6. The maximum Gasteiger partial charge on any atom is 0.585 e. The van der Waals surface area contributed by atoms with E-state index in [1.807, 2.05) is 36.2 Å². The Kier molecular flexibility index (Phi) is 5.76. The number of amides is 1. The lowest BCUT2D eigenvalue weighted by Crippen LogP contribution is -2.33. The van der Waals surface area contributed by atoms with Crippen molar-refractivity contribution in [3.8, 4) is 0 Å². The van der Waals surface area contributed by atoms with Crippen LogP contribution in [0.3, 0.4) is 0 Å². The molecule has 1 fully saturated rings. The van der Waals surface area contributed by atoms with Crippen LogP contribution < -0.4 is 5.32 Å². The highest BCUT2D eigenvalue weighted by Gasteiger charge is 2.47. The summed E-state index contributed by atoms with van der Waals surface area (Å²) in [4.78, 5) is 17.9. The molecule has 2 N–H and O–H groups in total. The van der Waals surface area contributed by atoms with Gasteiger partial charge in [0.2, 0.25) is 5.91 Å². The third-order valence-corrected chi connectivity index (χ3v) is 6.75. The number of alkyl halides is 2. The van der Waals surface area contributed by atoms with E-state index in [-0.39, 0.29) is 23.3 Å². The Balaban J connectivity index is 1.18. The van der Waals surface area contributed by atoms with Crippen LogP contribution in [0.5, 0.6) is 0 Å². The number of allylic oxidation sites excluding steroid dienone is 5. The molecule has 2 aliphatic carbocycles. The van der Waals surface area contributed by atoms with Crippen molar-refractivity contribution in [1.29, 1.82) is 0 Å². The van der Waals surface area contributed by atoms with Gasteiger partial charge in [-0.05, 0) is 44.6 Å². The number of anilines is 1. The number of carbonyl (C=O) groups excluding carboxylic acids is 1. The van der Waals surface area contributed by atoms with Gasteiger partial charge in [0.15, 0.2) is 11.5 Å². The summed E-state index contributed by atoms with van der Waals surface area (Å²) in [5, 5.41) is 3.42. The molecule has 1 amide bonds. The quantitative estimate of drug-likeness (QED) is 0.614. The molecule has 6 nitrogen and oxygen atoms in total. The van der Waals surface area contributed by atoms with Gasteiger partial charge in [-0.1, -0.05) is 29.9 Å². The van der Waals surface area contributed by atoms with Gasteiger partial charge in [-0.2, -0.15) is 0 Å². The van der Waals surface area contributed by atoms with Gasteiger partial charge in [0, 0.05) is 43.4 Å². The number of aromatic amines is 1. The normalized spacial score (nSPS) is 23.6. The van der Waals surface area contributed by atoms with Crippen LogP contribution in [0.2, 0.25) is 0 Å². The Morgan fingerprint density at radius 1 is 1.30 bits per heavy atom. The Morgan fingerprint density at radius 3 is 2.94 bits per heavy atom. The van der Waals surface area contributed by atoms with Crippen molar-refractivity contribution >= 4 is 17.3 Å². The highest BCUT2D eigenvalue weighted by atomic mass is 19.3. The van der Waals surface area contributed by atoms with E-state index in [0.717, 1.165) is 55.7 Å². The number of ether oxygens (including phenoxy) is 2. The topological polar surface area (TPSA) is 66.6 Å². The van der Waals surface area contributed by atoms with Crippen LogP contribution in [-0.4, -0.2) is 41.7 Å². The summed E-state index contributed by atoms with van der Waals surface area (Å²) in [5.41, 5.74) is 3.64. The molecule has 176 valence electrons. The fraction of sp³-hybridized carbons (Fsp3) is 0.480. The van der Waals surface area contributed by atoms with Gasteiger partial charge in [-0.15, -0.1) is 8.78 Å². The highest BCUT2D eigenvalue weighted by molar-refractivity contribution is 5.83. The van der Waals surface area contributed by atoms with Crippen molar-refractivity contribution in [3.63, 3.8) is 0 Å². The van der Waals surface area contributed by atoms with Crippen LogP contribution in [0, 0.1) is 12.8 Å². The van der Waals surface area contributed by atoms with Crippen molar-refractivity contribution < 1.29 is 23.0 Å². The molecule has 0 spiro atoms. The molecule has 0 bridgehead atoms. The van der Waals surface area contributed by atoms with E-state index in [1.165, 1.54) is 5.57 Å². The molecule has 0 aromatic carbocycles. The van der Waals surface area contributed by atoms with E-state index in [4.69, 9.17) is 4.74 Å². The van der Waals surface area contributed by atoms with Crippen molar-refractivity contribution in [1.82, 2.24) is 9.88 Å². The second-order valence-electron chi connectivity index (χ2n) is 9.01. The third-order valence-electron chi connectivity index (χ3n) is 6.75. The smallest absolute Gasteiger partial charge is 0.400 e. The minimum Gasteiger partial charge on any atom is -0.400 e. The Hall–Kier alpha value is -3.03. The first kappa shape index (κ1) is 21.8. The highest BCUT2D eigenvalue weighted by Crippen LogP contribution is 2.45. The number of carbonyl (C=O) groups is 1. The first-order valence-corrected chi connectivity index (χ1v) is 11.7. The Bertz CT molecular complexity index is 1060. The summed E-state index contributed by atoms with van der Waals surface area (Å²) in [5.74, 6) is 1.37. The maximum atomic E-state index is 13.6. The van der Waals surface area contributed by atoms with Crippen molar-refractivity contribution in [2.75, 3.05) is 25.0 Å². The molecule has 4 aliphatic rings. The zero-order valence-corrected chi connectivity index (χ0v) is 18.8.